The molecule has 14 rings (SSSR count). The molecule has 2 atom stereocenters. The molecule has 700 valence electrons. The average molecular weight is 1840 g/mol. The number of nitrogens with zero attached hydrogens (tertiary/aromatic N) is 2. The van der Waals surface area contributed by atoms with Gasteiger partial charge in [-0.2, -0.15) is 0 Å². The summed E-state index contributed by atoms with van der Waals surface area (Å²) in [6.45, 7) is 32.3. The van der Waals surface area contributed by atoms with E-state index in [9.17, 15) is 18.7 Å². The summed E-state index contributed by atoms with van der Waals surface area (Å²) >= 11 is 0. The number of rotatable bonds is 44. The van der Waals surface area contributed by atoms with E-state index in [2.05, 4.69) is 310 Å². The van der Waals surface area contributed by atoms with Crippen LogP contribution in [0.5, 0.6) is 23.0 Å². The third-order valence-corrected chi connectivity index (χ3v) is 29.1. The van der Waals surface area contributed by atoms with Gasteiger partial charge in [0.25, 0.3) is 0 Å². The maximum atomic E-state index is 13.3. The highest BCUT2D eigenvalue weighted by molar-refractivity contribution is 7.53. The van der Waals surface area contributed by atoms with Gasteiger partial charge in [0.2, 0.25) is 0 Å². The van der Waals surface area contributed by atoms with Crippen molar-refractivity contribution in [3.8, 4) is 45.3 Å². The third kappa shape index (κ3) is 26.7. The van der Waals surface area contributed by atoms with Crippen LogP contribution in [-0.2, 0) is 50.4 Å². The molecule has 12 aromatic carbocycles. The lowest BCUT2D eigenvalue weighted by Gasteiger charge is -2.28. The molecule has 14 nitrogen and oxygen atoms in total. The molecule has 16 heteroatoms. The lowest BCUT2D eigenvalue weighted by molar-refractivity contribution is 0.111. The van der Waals surface area contributed by atoms with Crippen molar-refractivity contribution in [3.63, 3.8) is 0 Å². The molecule has 0 spiro atoms. The molecular weight excluding hydrogens is 1700 g/mol. The summed E-state index contributed by atoms with van der Waals surface area (Å²) in [5, 5.41) is 0. The molecule has 2 unspecified atom stereocenters. The summed E-state index contributed by atoms with van der Waals surface area (Å²) in [4.78, 5) is 26.8. The normalized spacial score (nSPS) is 13.3. The van der Waals surface area contributed by atoms with Crippen molar-refractivity contribution in [1.82, 2.24) is 0 Å². The minimum absolute atomic E-state index is 0.0364. The standard InChI is InChI=1S/C62H63NO2.C29H23NO2.C27H50O8P2/c1-45(2)16-15-17-46(3)40-41-65-61-43-51(60(64-6)42-52(61)33-26-48-20-11-8-12-21-48)32-27-50-30-36-54(37-31-50)63(53-34-28-49(29-35-53)25-24-47-18-9-7-10-19-47)55-38-39-57-56-22-13-14-23-58(56)62(4,5)59(57)44-55;1-29(2)27-6-4-3-5-25(27)26-16-15-24(17-28(26)29)30(22-11-7-20(18-31)8-12-22)23-13-9-21(19-32)10-14-23;1-9-32-36(28,33-10-2)20-24-19-27(31-17-16-23(7)15-13-14-22(5)6)25(18-26(24)30-8)21-37(29,34-11-3)35-12-4/h7-14,18-39,42-46H,15-17,40-41H2,1-6H3;3-19H,1-2H3;18-19,22-23H,9-17,20-21H2,1-8H3. The van der Waals surface area contributed by atoms with Gasteiger partial charge in [-0.15, -0.1) is 0 Å². The van der Waals surface area contributed by atoms with Crippen LogP contribution in [-0.4, -0.2) is 66.4 Å². The SMILES string of the molecule is CC1(C)c2ccccc2-c2ccc(N(c3ccc(C=O)cc3)c3ccc(C=O)cc3)cc21.CCOP(=O)(Cc1cc(OCCC(C)CCCC(C)C)c(CP(=O)(OCC)OCC)cc1OC)OCC.COc1cc(C=Cc2ccccc2)c(OCCC(C)CCCC(C)C)cc1C=Cc1ccc(N(c2ccc(C=Cc3ccccc3)cc2)c2ccc3c(c2)C(C)(C)c2ccccc2-3)cc1. The van der Waals surface area contributed by atoms with Crippen LogP contribution >= 0.6 is 15.2 Å². The van der Waals surface area contributed by atoms with E-state index in [1.807, 2.05) is 60.7 Å². The molecule has 0 saturated heterocycles. The predicted octanol–water partition coefficient (Wildman–Crippen LogP) is 32.8. The molecule has 2 aliphatic carbocycles. The Morgan fingerprint density at radius 3 is 1.00 bits per heavy atom. The van der Waals surface area contributed by atoms with Gasteiger partial charge < -0.3 is 46.8 Å². The first-order chi connectivity index (χ1) is 64.7. The molecule has 0 aromatic heterocycles. The second-order valence-corrected chi connectivity index (χ2v) is 40.8. The van der Waals surface area contributed by atoms with E-state index in [0.717, 1.165) is 111 Å². The Balaban J connectivity index is 0.000000198. The quantitative estimate of drug-likeness (QED) is 0.0202. The highest BCUT2D eigenvalue weighted by Gasteiger charge is 2.38. The van der Waals surface area contributed by atoms with E-state index in [0.29, 0.717) is 64.7 Å². The third-order valence-electron chi connectivity index (χ3n) is 25.1. The molecule has 0 saturated carbocycles. The van der Waals surface area contributed by atoms with Crippen LogP contribution in [0.25, 0.3) is 58.7 Å². The molecule has 134 heavy (non-hydrogen) atoms. The lowest BCUT2D eigenvalue weighted by Crippen LogP contribution is -2.16. The zero-order valence-electron chi connectivity index (χ0n) is 81.3. The summed E-state index contributed by atoms with van der Waals surface area (Å²) < 4.78 is 73.2. The molecule has 0 aliphatic heterocycles. The van der Waals surface area contributed by atoms with E-state index >= 15 is 0 Å². The van der Waals surface area contributed by atoms with Crippen molar-refractivity contribution < 1.29 is 55.8 Å². The summed E-state index contributed by atoms with van der Waals surface area (Å²) in [5.74, 6) is 5.29. The van der Waals surface area contributed by atoms with Gasteiger partial charge in [0.05, 0.1) is 66.2 Å². The smallest absolute Gasteiger partial charge is 0.335 e. The monoisotopic (exact) mass is 1830 g/mol. The lowest BCUT2D eigenvalue weighted by atomic mass is 9.82. The molecular formula is C118H136N2O12P2. The minimum Gasteiger partial charge on any atom is -0.496 e. The number of methoxy groups -OCH3 is 2. The van der Waals surface area contributed by atoms with Gasteiger partial charge in [0.15, 0.2) is 0 Å². The molecule has 0 N–H and O–H groups in total. The number of carbonyl (C=O) groups excluding carboxylic acids is 2. The van der Waals surface area contributed by atoms with Crippen molar-refractivity contribution >= 4 is 98.3 Å². The molecule has 0 radical (unpaired) electrons. The number of ether oxygens (including phenoxy) is 4. The van der Waals surface area contributed by atoms with Crippen LogP contribution in [0.2, 0.25) is 0 Å². The average Bonchev–Trinajstić information content (AvgIpc) is 1.58. The van der Waals surface area contributed by atoms with Gasteiger partial charge in [-0.3, -0.25) is 18.7 Å². The zero-order chi connectivity index (χ0) is 95.4. The van der Waals surface area contributed by atoms with Crippen LogP contribution < -0.4 is 28.7 Å². The fourth-order valence-electron chi connectivity index (χ4n) is 17.7. The van der Waals surface area contributed by atoms with Crippen molar-refractivity contribution in [1.29, 1.82) is 0 Å². The molecule has 0 amide bonds. The zero-order valence-corrected chi connectivity index (χ0v) is 83.1. The van der Waals surface area contributed by atoms with Crippen LogP contribution in [0.1, 0.15) is 236 Å². The summed E-state index contributed by atoms with van der Waals surface area (Å²) in [6, 6.07) is 92.4. The molecule has 12 aromatic rings. The highest BCUT2D eigenvalue weighted by Crippen LogP contribution is 2.57. The Bertz CT molecular complexity index is 5950. The summed E-state index contributed by atoms with van der Waals surface area (Å²) in [5.41, 5.74) is 25.7. The van der Waals surface area contributed by atoms with Gasteiger partial charge in [0, 0.05) is 78.3 Å². The van der Waals surface area contributed by atoms with Gasteiger partial charge in [0.1, 0.15) is 35.6 Å². The fourth-order valence-corrected chi connectivity index (χ4v) is 21.1. The van der Waals surface area contributed by atoms with Gasteiger partial charge >= 0.3 is 15.2 Å². The van der Waals surface area contributed by atoms with E-state index in [-0.39, 0.29) is 49.6 Å². The van der Waals surface area contributed by atoms with Gasteiger partial charge in [-0.1, -0.05) is 290 Å². The second kappa shape index (κ2) is 48.5. The van der Waals surface area contributed by atoms with Crippen molar-refractivity contribution in [3.05, 3.63) is 345 Å². The van der Waals surface area contributed by atoms with Gasteiger partial charge in [-0.05, 0) is 252 Å². The van der Waals surface area contributed by atoms with Gasteiger partial charge in [-0.25, -0.2) is 0 Å². The van der Waals surface area contributed by atoms with E-state index in [1.165, 1.54) is 82.2 Å². The summed E-state index contributed by atoms with van der Waals surface area (Å²) in [7, 11) is -3.49. The molecule has 0 heterocycles. The van der Waals surface area contributed by atoms with Crippen molar-refractivity contribution in [2.45, 2.75) is 171 Å². The molecule has 2 aliphatic rings. The van der Waals surface area contributed by atoms with Crippen LogP contribution in [0, 0.1) is 23.7 Å². The van der Waals surface area contributed by atoms with E-state index in [1.54, 1.807) is 54.0 Å². The maximum absolute atomic E-state index is 13.3. The van der Waals surface area contributed by atoms with Crippen LogP contribution in [0.15, 0.2) is 267 Å². The Morgan fingerprint density at radius 2 is 0.627 bits per heavy atom. The van der Waals surface area contributed by atoms with Crippen molar-refractivity contribution in [2.75, 3.05) is 63.7 Å². The van der Waals surface area contributed by atoms with Crippen LogP contribution in [0.3, 0.4) is 0 Å². The Hall–Kier alpha value is -11.7. The highest BCUT2D eigenvalue weighted by atomic mass is 31.2. The number of hydrogen-bond acceptors (Lipinski definition) is 14. The predicted molar refractivity (Wildman–Crippen MR) is 559 cm³/mol. The second-order valence-electron chi connectivity index (χ2n) is 36.6. The first kappa shape index (κ1) is 101. The first-order valence-electron chi connectivity index (χ1n) is 47.7. The Labute approximate surface area is 797 Å². The first-order valence-corrected chi connectivity index (χ1v) is 51.2. The summed E-state index contributed by atoms with van der Waals surface area (Å²) in [6.07, 6.45) is 23.9. The van der Waals surface area contributed by atoms with E-state index in [4.69, 9.17) is 37.0 Å². The number of benzene rings is 12. The largest absolute Gasteiger partial charge is 0.496 e. The number of anilines is 6. The topological polar surface area (TPSA) is 149 Å². The Kier molecular flexibility index (Phi) is 36.6. The number of fused-ring (bicyclic) bond motifs is 6. The van der Waals surface area contributed by atoms with Crippen LogP contribution in [0.4, 0.5) is 34.1 Å². The molecule has 0 bridgehead atoms. The van der Waals surface area contributed by atoms with E-state index < -0.39 is 15.2 Å². The Morgan fingerprint density at radius 1 is 0.313 bits per heavy atom. The minimum atomic E-state index is -3.39. The molecule has 0 fully saturated rings. The number of carbonyl (C=O) groups is 2. The van der Waals surface area contributed by atoms with Crippen molar-refractivity contribution in [2.24, 2.45) is 23.7 Å². The number of aldehydes is 2. The maximum Gasteiger partial charge on any atom is 0.335 e. The fraction of sp³-hybridized carbons (Fsp3) is 0.322. The number of hydrogen-bond donors (Lipinski definition) is 0.